The molecule has 0 saturated heterocycles. The molecule has 9 heteroatoms. The van der Waals surface area contributed by atoms with Gasteiger partial charge in [0.1, 0.15) is 5.82 Å². The molecule has 0 spiro atoms. The maximum atomic E-state index is 13.3. The van der Waals surface area contributed by atoms with Crippen molar-refractivity contribution in [3.05, 3.63) is 63.5 Å². The fourth-order valence-electron chi connectivity index (χ4n) is 3.41. The van der Waals surface area contributed by atoms with Gasteiger partial charge >= 0.3 is 11.9 Å². The summed E-state index contributed by atoms with van der Waals surface area (Å²) >= 11 is 6.19. The second kappa shape index (κ2) is 7.08. The standard InChI is InChI=1S/C20H14ClF3N4O/c21-15-3-1-2-4-16(15)28-17-9-12(20(22,23)24)5-6-14(17)18(27-19(28)29)26-13-7-11(8-13)10-25/h1-6,9,11,13H,7-8H2,(H,26,27,29)/t11-,13-. The molecule has 2 aromatic carbocycles. The first-order valence-corrected chi connectivity index (χ1v) is 9.21. The van der Waals surface area contributed by atoms with Crippen LogP contribution in [0, 0.1) is 17.2 Å². The Kier molecular flexibility index (Phi) is 4.71. The second-order valence-electron chi connectivity index (χ2n) is 6.90. The molecule has 1 N–H and O–H groups in total. The molecule has 5 nitrogen and oxygen atoms in total. The average molecular weight is 419 g/mol. The molecule has 0 atom stereocenters. The van der Waals surface area contributed by atoms with Crippen LogP contribution in [-0.4, -0.2) is 15.6 Å². The van der Waals surface area contributed by atoms with Crippen LogP contribution in [-0.2, 0) is 6.18 Å². The fraction of sp³-hybridized carbons (Fsp3) is 0.250. The lowest BCUT2D eigenvalue weighted by molar-refractivity contribution is -0.137. The molecular formula is C20H14ClF3N4O. The largest absolute Gasteiger partial charge is 0.416 e. The first-order valence-electron chi connectivity index (χ1n) is 8.83. The van der Waals surface area contributed by atoms with E-state index in [9.17, 15) is 18.0 Å². The minimum atomic E-state index is -4.57. The molecule has 29 heavy (non-hydrogen) atoms. The lowest BCUT2D eigenvalue weighted by Crippen LogP contribution is -2.36. The third-order valence-electron chi connectivity index (χ3n) is 4.97. The van der Waals surface area contributed by atoms with Crippen molar-refractivity contribution in [3.8, 4) is 11.8 Å². The Morgan fingerprint density at radius 2 is 1.93 bits per heavy atom. The van der Waals surface area contributed by atoms with E-state index in [0.717, 1.165) is 16.7 Å². The Bertz CT molecular complexity index is 1190. The normalized spacial score (nSPS) is 18.9. The summed E-state index contributed by atoms with van der Waals surface area (Å²) in [6.07, 6.45) is -3.39. The number of alkyl halides is 3. The number of halogens is 4. The van der Waals surface area contributed by atoms with Gasteiger partial charge in [0.05, 0.1) is 33.8 Å². The smallest absolute Gasteiger partial charge is 0.367 e. The van der Waals surface area contributed by atoms with Gasteiger partial charge in [-0.3, -0.25) is 4.57 Å². The van der Waals surface area contributed by atoms with Gasteiger partial charge in [-0.15, -0.1) is 0 Å². The molecule has 1 aromatic heterocycles. The van der Waals surface area contributed by atoms with Crippen LogP contribution in [0.5, 0.6) is 0 Å². The molecule has 1 saturated carbocycles. The maximum Gasteiger partial charge on any atom is 0.416 e. The number of nitriles is 1. The van der Waals surface area contributed by atoms with Crippen molar-refractivity contribution < 1.29 is 13.2 Å². The van der Waals surface area contributed by atoms with Crippen LogP contribution in [0.3, 0.4) is 0 Å². The molecule has 1 fully saturated rings. The van der Waals surface area contributed by atoms with Crippen molar-refractivity contribution in [1.82, 2.24) is 9.55 Å². The molecule has 1 aliphatic carbocycles. The summed E-state index contributed by atoms with van der Waals surface area (Å²) in [5.41, 5.74) is -1.33. The Balaban J connectivity index is 1.92. The summed E-state index contributed by atoms with van der Waals surface area (Å²) in [5, 5.41) is 12.6. The van der Waals surface area contributed by atoms with Gasteiger partial charge in [0.2, 0.25) is 0 Å². The van der Waals surface area contributed by atoms with Gasteiger partial charge in [-0.1, -0.05) is 23.7 Å². The monoisotopic (exact) mass is 418 g/mol. The highest BCUT2D eigenvalue weighted by molar-refractivity contribution is 6.32. The van der Waals surface area contributed by atoms with Gasteiger partial charge in [0, 0.05) is 11.4 Å². The molecule has 0 amide bonds. The summed E-state index contributed by atoms with van der Waals surface area (Å²) in [5.74, 6) is 0.127. The minimum Gasteiger partial charge on any atom is -0.367 e. The van der Waals surface area contributed by atoms with E-state index in [2.05, 4.69) is 16.4 Å². The summed E-state index contributed by atoms with van der Waals surface area (Å²) < 4.78 is 41.0. The molecule has 148 valence electrons. The average Bonchev–Trinajstić information content (AvgIpc) is 2.64. The van der Waals surface area contributed by atoms with E-state index in [1.165, 1.54) is 6.07 Å². The van der Waals surface area contributed by atoms with E-state index in [-0.39, 0.29) is 34.0 Å². The van der Waals surface area contributed by atoms with E-state index >= 15 is 0 Å². The van der Waals surface area contributed by atoms with E-state index in [4.69, 9.17) is 16.9 Å². The summed E-state index contributed by atoms with van der Waals surface area (Å²) in [6, 6.07) is 11.7. The number of anilines is 1. The zero-order valence-electron chi connectivity index (χ0n) is 14.9. The molecule has 0 unspecified atom stereocenters. The molecule has 1 aliphatic rings. The zero-order valence-corrected chi connectivity index (χ0v) is 15.6. The van der Waals surface area contributed by atoms with Crippen LogP contribution in [0.25, 0.3) is 16.6 Å². The third kappa shape index (κ3) is 3.54. The SMILES string of the molecule is N#C[C@H]1C[C@H](Nc2nc(=O)n(-c3ccccc3Cl)c3cc(C(F)(F)F)ccc23)C1. The van der Waals surface area contributed by atoms with Crippen LogP contribution in [0.1, 0.15) is 18.4 Å². The fourth-order valence-corrected chi connectivity index (χ4v) is 3.63. The lowest BCUT2D eigenvalue weighted by atomic mass is 9.81. The quantitative estimate of drug-likeness (QED) is 0.665. The van der Waals surface area contributed by atoms with E-state index < -0.39 is 17.4 Å². The van der Waals surface area contributed by atoms with E-state index in [1.54, 1.807) is 24.3 Å². The Hall–Kier alpha value is -3.05. The predicted molar refractivity (Wildman–Crippen MR) is 103 cm³/mol. The van der Waals surface area contributed by atoms with Gasteiger partial charge in [0.15, 0.2) is 0 Å². The molecule has 0 aliphatic heterocycles. The number of aromatic nitrogens is 2. The van der Waals surface area contributed by atoms with Crippen molar-refractivity contribution in [1.29, 1.82) is 5.26 Å². The second-order valence-corrected chi connectivity index (χ2v) is 7.31. The van der Waals surface area contributed by atoms with E-state index in [0.29, 0.717) is 18.2 Å². The number of nitrogens with zero attached hydrogens (tertiary/aromatic N) is 3. The Labute approximate surface area is 168 Å². The van der Waals surface area contributed by atoms with Crippen molar-refractivity contribution in [2.75, 3.05) is 5.32 Å². The van der Waals surface area contributed by atoms with Crippen molar-refractivity contribution >= 4 is 28.3 Å². The Morgan fingerprint density at radius 3 is 2.59 bits per heavy atom. The molecule has 0 bridgehead atoms. The first kappa shape index (κ1) is 19.3. The third-order valence-corrected chi connectivity index (χ3v) is 5.29. The van der Waals surface area contributed by atoms with Gasteiger partial charge in [-0.05, 0) is 43.2 Å². The maximum absolute atomic E-state index is 13.3. The number of rotatable bonds is 3. The lowest BCUT2D eigenvalue weighted by Gasteiger charge is -2.32. The number of hydrogen-bond donors (Lipinski definition) is 1. The summed E-state index contributed by atoms with van der Waals surface area (Å²) in [4.78, 5) is 16.9. The van der Waals surface area contributed by atoms with Crippen LogP contribution in [0.4, 0.5) is 19.0 Å². The number of benzene rings is 2. The molecular weight excluding hydrogens is 405 g/mol. The highest BCUT2D eigenvalue weighted by atomic mass is 35.5. The number of hydrogen-bond acceptors (Lipinski definition) is 4. The van der Waals surface area contributed by atoms with Gasteiger partial charge in [-0.2, -0.15) is 23.4 Å². The molecule has 0 radical (unpaired) electrons. The summed E-state index contributed by atoms with van der Waals surface area (Å²) in [6.45, 7) is 0. The molecule has 4 rings (SSSR count). The van der Waals surface area contributed by atoms with Crippen LogP contribution < -0.4 is 11.0 Å². The number of para-hydroxylation sites is 1. The highest BCUT2D eigenvalue weighted by Crippen LogP contribution is 2.35. The predicted octanol–water partition coefficient (Wildman–Crippen LogP) is 4.77. The topological polar surface area (TPSA) is 70.7 Å². The molecule has 1 heterocycles. The van der Waals surface area contributed by atoms with Crippen LogP contribution >= 0.6 is 11.6 Å². The zero-order chi connectivity index (χ0) is 20.8. The van der Waals surface area contributed by atoms with E-state index in [1.807, 2.05) is 0 Å². The number of nitrogens with one attached hydrogen (secondary N) is 1. The van der Waals surface area contributed by atoms with Crippen LogP contribution in [0.15, 0.2) is 47.3 Å². The van der Waals surface area contributed by atoms with Gasteiger partial charge < -0.3 is 5.32 Å². The summed E-state index contributed by atoms with van der Waals surface area (Å²) in [7, 11) is 0. The van der Waals surface area contributed by atoms with Gasteiger partial charge in [-0.25, -0.2) is 4.79 Å². The highest BCUT2D eigenvalue weighted by Gasteiger charge is 2.32. The van der Waals surface area contributed by atoms with Gasteiger partial charge in [0.25, 0.3) is 0 Å². The molecule has 3 aromatic rings. The number of fused-ring (bicyclic) bond motifs is 1. The Morgan fingerprint density at radius 1 is 1.21 bits per heavy atom. The van der Waals surface area contributed by atoms with Crippen molar-refractivity contribution in [2.45, 2.75) is 25.1 Å². The van der Waals surface area contributed by atoms with Crippen molar-refractivity contribution in [3.63, 3.8) is 0 Å². The minimum absolute atomic E-state index is 0.0478. The van der Waals surface area contributed by atoms with Crippen LogP contribution in [0.2, 0.25) is 5.02 Å². The van der Waals surface area contributed by atoms with Crippen molar-refractivity contribution in [2.24, 2.45) is 5.92 Å². The first-order chi connectivity index (χ1) is 13.8.